The Morgan fingerprint density at radius 1 is 1.10 bits per heavy atom. The molecule has 5 nitrogen and oxygen atoms in total. The van der Waals surface area contributed by atoms with Gasteiger partial charge in [0.15, 0.2) is 0 Å². The van der Waals surface area contributed by atoms with Crippen LogP contribution in [0.15, 0.2) is 55.1 Å². The zero-order valence-electron chi connectivity index (χ0n) is 16.3. The van der Waals surface area contributed by atoms with E-state index in [0.29, 0.717) is 29.6 Å². The normalized spacial score (nSPS) is 15.1. The first-order valence-corrected chi connectivity index (χ1v) is 12.3. The van der Waals surface area contributed by atoms with E-state index in [2.05, 4.69) is 15.0 Å². The number of hydrogen-bond donors (Lipinski definition) is 0. The summed E-state index contributed by atoms with van der Waals surface area (Å²) in [6, 6.07) is 8.49. The molecule has 30 heavy (non-hydrogen) atoms. The monoisotopic (exact) mass is 486 g/mol. The molecule has 8 heteroatoms. The van der Waals surface area contributed by atoms with E-state index in [1.165, 1.54) is 12.1 Å². The van der Waals surface area contributed by atoms with E-state index in [1.807, 2.05) is 23.1 Å². The van der Waals surface area contributed by atoms with Gasteiger partial charge in [-0.2, -0.15) is 0 Å². The van der Waals surface area contributed by atoms with Crippen molar-refractivity contribution in [3.8, 4) is 0 Å². The van der Waals surface area contributed by atoms with E-state index in [1.54, 1.807) is 24.8 Å². The van der Waals surface area contributed by atoms with E-state index >= 15 is 0 Å². The summed E-state index contributed by atoms with van der Waals surface area (Å²) in [5.74, 6) is 0.232. The zero-order chi connectivity index (χ0) is 20.9. The summed E-state index contributed by atoms with van der Waals surface area (Å²) in [7, 11) is 0. The molecule has 1 aliphatic heterocycles. The van der Waals surface area contributed by atoms with Gasteiger partial charge in [-0.15, -0.1) is 0 Å². The fourth-order valence-electron chi connectivity index (χ4n) is 3.63. The van der Waals surface area contributed by atoms with Gasteiger partial charge in [-0.25, -0.2) is 4.39 Å². The molecule has 1 fully saturated rings. The molecule has 154 valence electrons. The fourth-order valence-corrected chi connectivity index (χ4v) is 5.67. The van der Waals surface area contributed by atoms with Crippen LogP contribution >= 0.6 is 11.6 Å². The van der Waals surface area contributed by atoms with Crippen LogP contribution in [0.4, 0.5) is 4.39 Å². The number of pyridine rings is 1. The summed E-state index contributed by atoms with van der Waals surface area (Å²) in [6.45, 7) is 1.39. The molecule has 0 aliphatic carbocycles. The zero-order valence-corrected chi connectivity index (χ0v) is 19.1. The molecule has 1 unspecified atom stereocenters. The van der Waals surface area contributed by atoms with Crippen molar-refractivity contribution in [2.45, 2.75) is 19.3 Å². The Hall–Kier alpha value is -2.30. The summed E-state index contributed by atoms with van der Waals surface area (Å²) in [4.78, 5) is 27.7. The molecule has 1 aliphatic rings. The third kappa shape index (κ3) is 5.24. The first-order valence-electron chi connectivity index (χ1n) is 9.81. The Kier molecular flexibility index (Phi) is 6.75. The molecule has 3 heterocycles. The molecule has 3 aromatic rings. The van der Waals surface area contributed by atoms with Crippen molar-refractivity contribution in [1.29, 1.82) is 0 Å². The fraction of sp³-hybridized carbons (Fsp3) is 0.273. The van der Waals surface area contributed by atoms with E-state index < -0.39 is 15.8 Å². The van der Waals surface area contributed by atoms with E-state index in [4.69, 9.17) is 11.6 Å². The van der Waals surface area contributed by atoms with Crippen molar-refractivity contribution < 1.29 is 9.18 Å². The number of carbonyl (C=O) groups excluding carboxylic acids is 1. The average Bonchev–Trinajstić information content (AvgIpc) is 2.77. The van der Waals surface area contributed by atoms with Gasteiger partial charge in [0, 0.05) is 0 Å². The van der Waals surface area contributed by atoms with E-state index in [-0.39, 0.29) is 11.7 Å². The summed E-state index contributed by atoms with van der Waals surface area (Å²) in [6.07, 6.45) is 9.36. The van der Waals surface area contributed by atoms with Crippen molar-refractivity contribution in [3.63, 3.8) is 0 Å². The molecule has 0 N–H and O–H groups in total. The van der Waals surface area contributed by atoms with Crippen LogP contribution in [0.3, 0.4) is 0 Å². The maximum atomic E-state index is 13.1. The molecule has 0 spiro atoms. The van der Waals surface area contributed by atoms with Gasteiger partial charge in [0.2, 0.25) is 0 Å². The second-order valence-corrected chi connectivity index (χ2v) is 10.4. The standard InChI is InChI=1S/C22H21AsClFN4O/c24-19-13-28-20(23-21-14-26-7-8-27-21)12-18(19)22(30)29-9-5-16(6-10-29)11-15-1-3-17(25)4-2-15/h1-4,7-8,12-14,16,23H,5-6,9-11H2. The van der Waals surface area contributed by atoms with Gasteiger partial charge in [0.05, 0.1) is 0 Å². The number of piperidine rings is 1. The Morgan fingerprint density at radius 2 is 1.87 bits per heavy atom. The van der Waals surface area contributed by atoms with Gasteiger partial charge >= 0.3 is 176 Å². The minimum absolute atomic E-state index is 0.0466. The molecule has 1 saturated heterocycles. The quantitative estimate of drug-likeness (QED) is 0.519. The molecular weight excluding hydrogens is 466 g/mol. The van der Waals surface area contributed by atoms with Gasteiger partial charge < -0.3 is 0 Å². The molecule has 4 rings (SSSR count). The van der Waals surface area contributed by atoms with Crippen molar-refractivity contribution in [3.05, 3.63) is 77.1 Å². The molecule has 0 radical (unpaired) electrons. The third-order valence-electron chi connectivity index (χ3n) is 5.24. The van der Waals surface area contributed by atoms with Crippen LogP contribution in [-0.4, -0.2) is 54.6 Å². The summed E-state index contributed by atoms with van der Waals surface area (Å²) in [5, 5.41) is 0.378. The number of benzene rings is 1. The third-order valence-corrected chi connectivity index (χ3v) is 7.74. The van der Waals surface area contributed by atoms with Crippen LogP contribution in [0.5, 0.6) is 0 Å². The second-order valence-electron chi connectivity index (χ2n) is 7.33. The van der Waals surface area contributed by atoms with Gasteiger partial charge in [-0.1, -0.05) is 0 Å². The molecule has 2 aromatic heterocycles. The second kappa shape index (κ2) is 9.67. The Bertz CT molecular complexity index is 1010. The topological polar surface area (TPSA) is 59.0 Å². The van der Waals surface area contributed by atoms with E-state index in [9.17, 15) is 9.18 Å². The Balaban J connectivity index is 1.38. The number of rotatable bonds is 5. The number of carbonyl (C=O) groups is 1. The maximum absolute atomic E-state index is 13.1. The van der Waals surface area contributed by atoms with Crippen molar-refractivity contribution in [2.75, 3.05) is 13.1 Å². The van der Waals surface area contributed by atoms with Crippen molar-refractivity contribution in [1.82, 2.24) is 19.9 Å². The number of amides is 1. The first-order chi connectivity index (χ1) is 14.6. The van der Waals surface area contributed by atoms with E-state index in [0.717, 1.165) is 33.8 Å². The Labute approximate surface area is 186 Å². The predicted octanol–water partition coefficient (Wildman–Crippen LogP) is 2.15. The van der Waals surface area contributed by atoms with Gasteiger partial charge in [0.25, 0.3) is 0 Å². The predicted molar refractivity (Wildman–Crippen MR) is 116 cm³/mol. The van der Waals surface area contributed by atoms with Crippen LogP contribution in [0.2, 0.25) is 5.02 Å². The Morgan fingerprint density at radius 3 is 2.57 bits per heavy atom. The van der Waals surface area contributed by atoms with Crippen LogP contribution in [0.1, 0.15) is 28.8 Å². The summed E-state index contributed by atoms with van der Waals surface area (Å²) in [5.41, 5.74) is 1.64. The average molecular weight is 487 g/mol. The number of aromatic nitrogens is 3. The van der Waals surface area contributed by atoms with Crippen LogP contribution in [-0.2, 0) is 6.42 Å². The minimum atomic E-state index is -0.777. The van der Waals surface area contributed by atoms with Crippen LogP contribution in [0, 0.1) is 11.7 Å². The number of likely N-dealkylation sites (tertiary alicyclic amines) is 1. The van der Waals surface area contributed by atoms with Crippen molar-refractivity contribution in [2.24, 2.45) is 5.92 Å². The van der Waals surface area contributed by atoms with Gasteiger partial charge in [-0.3, -0.25) is 0 Å². The molecule has 1 aromatic carbocycles. The number of nitrogens with zero attached hydrogens (tertiary/aromatic N) is 4. The number of hydrogen-bond acceptors (Lipinski definition) is 4. The summed E-state index contributed by atoms with van der Waals surface area (Å²) < 4.78 is 14.9. The molecule has 0 bridgehead atoms. The van der Waals surface area contributed by atoms with Gasteiger partial charge in [0.1, 0.15) is 5.82 Å². The first kappa shape index (κ1) is 21.0. The van der Waals surface area contributed by atoms with Crippen LogP contribution < -0.4 is 8.96 Å². The summed E-state index contributed by atoms with van der Waals surface area (Å²) >= 11 is 5.53. The van der Waals surface area contributed by atoms with Crippen LogP contribution in [0.25, 0.3) is 0 Å². The SMILES string of the molecule is O=C(c1cc([AsH]c2cnccn2)ncc1Cl)N1CCC(Cc2ccc(F)cc2)CC1. The van der Waals surface area contributed by atoms with Crippen molar-refractivity contribution >= 4 is 42.2 Å². The van der Waals surface area contributed by atoms with Gasteiger partial charge in [-0.05, 0) is 0 Å². The molecule has 1 amide bonds. The molecule has 0 saturated carbocycles. The number of halogens is 2. The molecule has 1 atom stereocenters. The molecular formula is C22H21AsClFN4O.